The molecule has 1 aromatic carbocycles. The van der Waals surface area contributed by atoms with E-state index in [1.54, 1.807) is 0 Å². The van der Waals surface area contributed by atoms with Crippen LogP contribution in [0.5, 0.6) is 0 Å². The highest BCUT2D eigenvalue weighted by Gasteiger charge is 2.50. The van der Waals surface area contributed by atoms with Crippen molar-refractivity contribution >= 4 is 11.6 Å². The molecule has 6 heteroatoms. The molecule has 2 saturated heterocycles. The number of benzene rings is 1. The summed E-state index contributed by atoms with van der Waals surface area (Å²) in [5.41, 5.74) is 4.12. The highest BCUT2D eigenvalue weighted by Crippen LogP contribution is 2.47. The number of nitrogens with one attached hydrogen (secondary N) is 1. The Morgan fingerprint density at radius 3 is 2.71 bits per heavy atom. The smallest absolute Gasteiger partial charge is 0.255 e. The summed E-state index contributed by atoms with van der Waals surface area (Å²) in [5.74, 6) is 1.26. The fourth-order valence-electron chi connectivity index (χ4n) is 6.49. The van der Waals surface area contributed by atoms with Crippen LogP contribution in [-0.4, -0.2) is 48.6 Å². The fraction of sp³-hybridized carbons (Fsp3) is 0.520. The lowest BCUT2D eigenvalue weighted by molar-refractivity contribution is -0.124. The number of aromatic nitrogens is 1. The number of fused-ring (bicyclic) bond motifs is 6. The van der Waals surface area contributed by atoms with Crippen LogP contribution in [0.2, 0.25) is 0 Å². The predicted octanol–water partition coefficient (Wildman–Crippen LogP) is 2.07. The molecule has 0 saturated carbocycles. The molecule has 5 heterocycles. The van der Waals surface area contributed by atoms with Gasteiger partial charge in [0.25, 0.3) is 5.56 Å². The van der Waals surface area contributed by atoms with Crippen LogP contribution in [0.25, 0.3) is 0 Å². The highest BCUT2D eigenvalue weighted by molar-refractivity contribution is 6.07. The van der Waals surface area contributed by atoms with E-state index in [9.17, 15) is 9.59 Å². The topological polar surface area (TPSA) is 57.6 Å². The van der Waals surface area contributed by atoms with Crippen molar-refractivity contribution < 1.29 is 4.79 Å². The molecule has 4 aliphatic heterocycles. The Labute approximate surface area is 182 Å². The maximum absolute atomic E-state index is 13.3. The van der Waals surface area contributed by atoms with Crippen LogP contribution in [0.3, 0.4) is 0 Å². The average molecular weight is 419 g/mol. The van der Waals surface area contributed by atoms with E-state index in [4.69, 9.17) is 0 Å². The minimum Gasteiger partial charge on any atom is -0.316 e. The van der Waals surface area contributed by atoms with E-state index < -0.39 is 5.41 Å². The van der Waals surface area contributed by atoms with E-state index in [1.807, 2.05) is 34.7 Å². The fourth-order valence-corrected chi connectivity index (χ4v) is 6.49. The first-order chi connectivity index (χ1) is 15.1. The Kier molecular flexibility index (Phi) is 4.37. The van der Waals surface area contributed by atoms with Crippen molar-refractivity contribution in [1.82, 2.24) is 14.8 Å². The molecule has 2 atom stereocenters. The van der Waals surface area contributed by atoms with Gasteiger partial charge < -0.3 is 14.8 Å². The Hall–Kier alpha value is -2.44. The van der Waals surface area contributed by atoms with Crippen molar-refractivity contribution in [3.63, 3.8) is 0 Å². The summed E-state index contributed by atoms with van der Waals surface area (Å²) < 4.78 is 2.05. The van der Waals surface area contributed by atoms with E-state index in [0.29, 0.717) is 18.4 Å². The zero-order valence-corrected chi connectivity index (χ0v) is 18.1. The molecule has 1 aromatic heterocycles. The maximum atomic E-state index is 13.3. The van der Waals surface area contributed by atoms with Crippen LogP contribution >= 0.6 is 0 Å². The summed E-state index contributed by atoms with van der Waals surface area (Å²) in [4.78, 5) is 30.6. The molecule has 6 nitrogen and oxygen atoms in total. The van der Waals surface area contributed by atoms with Gasteiger partial charge in [0.05, 0.1) is 5.41 Å². The molecule has 2 aromatic rings. The van der Waals surface area contributed by atoms with Crippen molar-refractivity contribution in [2.45, 2.75) is 43.7 Å². The van der Waals surface area contributed by atoms with Gasteiger partial charge in [-0.3, -0.25) is 14.5 Å². The van der Waals surface area contributed by atoms with Gasteiger partial charge >= 0.3 is 0 Å². The number of likely N-dealkylation sites (N-methyl/N-ethyl adjacent to an activating group) is 1. The maximum Gasteiger partial charge on any atom is 0.255 e. The lowest BCUT2D eigenvalue weighted by atomic mass is 9.73. The summed E-state index contributed by atoms with van der Waals surface area (Å²) in [7, 11) is 1.89. The lowest BCUT2D eigenvalue weighted by Crippen LogP contribution is -2.48. The normalized spacial score (nSPS) is 26.7. The molecule has 1 amide bonds. The molecule has 1 N–H and O–H groups in total. The van der Waals surface area contributed by atoms with E-state index in [-0.39, 0.29) is 11.5 Å². The quantitative estimate of drug-likeness (QED) is 0.811. The molecule has 31 heavy (non-hydrogen) atoms. The summed E-state index contributed by atoms with van der Waals surface area (Å²) in [6.07, 6.45) is 2.83. The standard InChI is InChI=1S/C25H30N4O2/c1-27-22-5-3-2-4-20(22)25(24(27)31)8-10-28(11-9-25)16-18-6-7-21-19-12-17(13-26-14-19)15-29(21)23(18)30/h2-7,17,19,26H,8-16H2,1H3/t17-,19+/m0/s1. The van der Waals surface area contributed by atoms with E-state index in [0.717, 1.165) is 56.8 Å². The number of nitrogens with zero attached hydrogens (tertiary/aromatic N) is 3. The molecule has 0 aliphatic carbocycles. The SMILES string of the molecule is CN1C(=O)C2(CCN(Cc3ccc4n(c3=O)C[C@@H]3CNC[C@H]4C3)CC2)c2ccccc21. The van der Waals surface area contributed by atoms with Gasteiger partial charge in [0, 0.05) is 49.5 Å². The van der Waals surface area contributed by atoms with Crippen LogP contribution in [0.15, 0.2) is 41.2 Å². The summed E-state index contributed by atoms with van der Waals surface area (Å²) in [5, 5.41) is 3.51. The molecule has 2 bridgehead atoms. The number of hydrogen-bond acceptors (Lipinski definition) is 4. The van der Waals surface area contributed by atoms with Crippen LogP contribution in [0.1, 0.15) is 42.0 Å². The number of piperidine rings is 2. The summed E-state index contributed by atoms with van der Waals surface area (Å²) in [6, 6.07) is 12.4. The van der Waals surface area contributed by atoms with Crippen molar-refractivity contribution in [2.75, 3.05) is 38.1 Å². The van der Waals surface area contributed by atoms with Gasteiger partial charge in [-0.15, -0.1) is 0 Å². The molecular formula is C25H30N4O2. The third kappa shape index (κ3) is 2.84. The third-order valence-electron chi connectivity index (χ3n) is 8.19. The van der Waals surface area contributed by atoms with E-state index in [2.05, 4.69) is 28.4 Å². The van der Waals surface area contributed by atoms with Crippen molar-refractivity contribution in [2.24, 2.45) is 5.92 Å². The molecule has 162 valence electrons. The van der Waals surface area contributed by atoms with Crippen molar-refractivity contribution in [3.05, 3.63) is 63.6 Å². The van der Waals surface area contributed by atoms with Crippen LogP contribution in [-0.2, 0) is 23.3 Å². The second-order valence-corrected chi connectivity index (χ2v) is 9.90. The van der Waals surface area contributed by atoms with Crippen LogP contribution < -0.4 is 15.8 Å². The van der Waals surface area contributed by atoms with Gasteiger partial charge in [-0.25, -0.2) is 0 Å². The van der Waals surface area contributed by atoms with Gasteiger partial charge in [0.15, 0.2) is 0 Å². The molecule has 6 rings (SSSR count). The largest absolute Gasteiger partial charge is 0.316 e. The lowest BCUT2D eigenvalue weighted by Gasteiger charge is -2.39. The second-order valence-electron chi connectivity index (χ2n) is 9.90. The van der Waals surface area contributed by atoms with E-state index >= 15 is 0 Å². The number of anilines is 1. The number of likely N-dealkylation sites (tertiary alicyclic amines) is 1. The average Bonchev–Trinajstić information content (AvgIpc) is 3.00. The number of pyridine rings is 1. The number of carbonyl (C=O) groups excluding carboxylic acids is 1. The van der Waals surface area contributed by atoms with Gasteiger partial charge in [-0.05, 0) is 62.5 Å². The highest BCUT2D eigenvalue weighted by atomic mass is 16.2. The first-order valence-electron chi connectivity index (χ1n) is 11.6. The van der Waals surface area contributed by atoms with Crippen molar-refractivity contribution in [3.8, 4) is 0 Å². The molecule has 0 unspecified atom stereocenters. The number of rotatable bonds is 2. The summed E-state index contributed by atoms with van der Waals surface area (Å²) >= 11 is 0. The Balaban J connectivity index is 1.22. The van der Waals surface area contributed by atoms with Crippen molar-refractivity contribution in [1.29, 1.82) is 0 Å². The molecular weight excluding hydrogens is 388 g/mol. The minimum absolute atomic E-state index is 0.191. The first kappa shape index (κ1) is 19.3. The number of amides is 1. The molecule has 1 spiro atoms. The minimum atomic E-state index is -0.392. The molecule has 2 fully saturated rings. The number of para-hydroxylation sites is 1. The Morgan fingerprint density at radius 1 is 1.06 bits per heavy atom. The van der Waals surface area contributed by atoms with Gasteiger partial charge in [0.1, 0.15) is 0 Å². The Morgan fingerprint density at radius 2 is 1.87 bits per heavy atom. The monoisotopic (exact) mass is 418 g/mol. The van der Waals surface area contributed by atoms with Gasteiger partial charge in [-0.2, -0.15) is 0 Å². The zero-order chi connectivity index (χ0) is 21.2. The zero-order valence-electron chi connectivity index (χ0n) is 18.1. The number of hydrogen-bond donors (Lipinski definition) is 1. The van der Waals surface area contributed by atoms with E-state index in [1.165, 1.54) is 17.7 Å². The first-order valence-corrected chi connectivity index (χ1v) is 11.6. The van der Waals surface area contributed by atoms with Gasteiger partial charge in [0.2, 0.25) is 5.91 Å². The number of carbonyl (C=O) groups is 1. The molecule has 4 aliphatic rings. The van der Waals surface area contributed by atoms with Gasteiger partial charge in [-0.1, -0.05) is 24.3 Å². The predicted molar refractivity (Wildman–Crippen MR) is 120 cm³/mol. The summed E-state index contributed by atoms with van der Waals surface area (Å²) in [6.45, 7) is 5.19. The molecule has 0 radical (unpaired) electrons. The second kappa shape index (κ2) is 7.04. The third-order valence-corrected chi connectivity index (χ3v) is 8.19. The Bertz CT molecular complexity index is 1100. The van der Waals surface area contributed by atoms with Crippen LogP contribution in [0.4, 0.5) is 5.69 Å². The van der Waals surface area contributed by atoms with Crippen LogP contribution in [0, 0.1) is 5.92 Å².